The van der Waals surface area contributed by atoms with Gasteiger partial charge in [-0.2, -0.15) is 0 Å². The summed E-state index contributed by atoms with van der Waals surface area (Å²) in [5.41, 5.74) is 5.39. The van der Waals surface area contributed by atoms with Gasteiger partial charge < -0.3 is 5.73 Å². The van der Waals surface area contributed by atoms with Crippen LogP contribution in [0.15, 0.2) is 23.1 Å². The fraction of sp³-hybridized carbons (Fsp3) is 0.538. The number of hydrogen-bond donors (Lipinski definition) is 2. The minimum atomic E-state index is -3.86. The molecule has 0 amide bonds. The summed E-state index contributed by atoms with van der Waals surface area (Å²) in [4.78, 5) is 9.92. The fourth-order valence-electron chi connectivity index (χ4n) is 2.62. The van der Waals surface area contributed by atoms with E-state index in [0.29, 0.717) is 0 Å². The Balaban J connectivity index is 2.30. The van der Waals surface area contributed by atoms with Crippen molar-refractivity contribution in [3.05, 3.63) is 28.3 Å². The van der Waals surface area contributed by atoms with Gasteiger partial charge in [0.2, 0.25) is 10.0 Å². The van der Waals surface area contributed by atoms with Crippen LogP contribution in [0.1, 0.15) is 32.6 Å². The lowest BCUT2D eigenvalue weighted by molar-refractivity contribution is -0.385. The summed E-state index contributed by atoms with van der Waals surface area (Å²) in [7, 11) is -3.86. The van der Waals surface area contributed by atoms with Crippen LogP contribution in [0.5, 0.6) is 0 Å². The van der Waals surface area contributed by atoms with Crippen LogP contribution >= 0.6 is 0 Å². The maximum Gasteiger partial charge on any atom is 0.270 e. The molecule has 1 aromatic carbocycles. The molecule has 2 atom stereocenters. The van der Waals surface area contributed by atoms with E-state index >= 15 is 0 Å². The second-order valence-corrected chi connectivity index (χ2v) is 7.15. The fourth-order valence-corrected chi connectivity index (χ4v) is 4.15. The van der Waals surface area contributed by atoms with E-state index in [2.05, 4.69) is 4.72 Å². The molecule has 1 aromatic rings. The Morgan fingerprint density at radius 3 is 2.62 bits per heavy atom. The summed E-state index contributed by atoms with van der Waals surface area (Å²) in [6.07, 6.45) is 3.81. The maximum atomic E-state index is 12.4. The van der Waals surface area contributed by atoms with E-state index in [0.717, 1.165) is 31.7 Å². The predicted octanol–water partition coefficient (Wildman–Crippen LogP) is 2.03. The summed E-state index contributed by atoms with van der Waals surface area (Å²) in [6.45, 7) is 2.00. The quantitative estimate of drug-likeness (QED) is 0.501. The van der Waals surface area contributed by atoms with Crippen molar-refractivity contribution in [3.63, 3.8) is 0 Å². The minimum Gasteiger partial charge on any atom is -0.398 e. The van der Waals surface area contributed by atoms with Crippen LogP contribution in [0.3, 0.4) is 0 Å². The molecule has 1 fully saturated rings. The number of nitrogens with one attached hydrogen (secondary N) is 1. The highest BCUT2D eigenvalue weighted by molar-refractivity contribution is 7.89. The second-order valence-electron chi connectivity index (χ2n) is 5.47. The topological polar surface area (TPSA) is 115 Å². The number of sulfonamides is 1. The first-order chi connectivity index (χ1) is 9.81. The van der Waals surface area contributed by atoms with Gasteiger partial charge in [0, 0.05) is 18.2 Å². The predicted molar refractivity (Wildman–Crippen MR) is 79.3 cm³/mol. The lowest BCUT2D eigenvalue weighted by Gasteiger charge is -2.29. The number of nitrogen functional groups attached to an aromatic ring is 1. The molecule has 1 aliphatic rings. The molecule has 8 heteroatoms. The molecule has 2 unspecified atom stereocenters. The van der Waals surface area contributed by atoms with Crippen LogP contribution in [-0.4, -0.2) is 19.4 Å². The molecule has 0 aromatic heterocycles. The van der Waals surface area contributed by atoms with Gasteiger partial charge in [-0.25, -0.2) is 13.1 Å². The van der Waals surface area contributed by atoms with Gasteiger partial charge in [-0.3, -0.25) is 10.1 Å². The van der Waals surface area contributed by atoms with Crippen LogP contribution in [0.2, 0.25) is 0 Å². The Bertz CT molecular complexity index is 645. The van der Waals surface area contributed by atoms with Crippen molar-refractivity contribution in [2.45, 2.75) is 43.5 Å². The largest absolute Gasteiger partial charge is 0.398 e. The first kappa shape index (κ1) is 15.7. The maximum absolute atomic E-state index is 12.4. The zero-order chi connectivity index (χ0) is 15.6. The zero-order valence-electron chi connectivity index (χ0n) is 11.8. The molecule has 3 N–H and O–H groups in total. The lowest BCUT2D eigenvalue weighted by Crippen LogP contribution is -2.41. The Labute approximate surface area is 123 Å². The summed E-state index contributed by atoms with van der Waals surface area (Å²) < 4.78 is 27.5. The van der Waals surface area contributed by atoms with E-state index in [1.165, 1.54) is 12.1 Å². The Hall–Kier alpha value is -1.67. The van der Waals surface area contributed by atoms with E-state index in [1.54, 1.807) is 0 Å². The number of hydrogen-bond acceptors (Lipinski definition) is 5. The van der Waals surface area contributed by atoms with Crippen molar-refractivity contribution in [2.75, 3.05) is 5.73 Å². The number of nitrogens with zero attached hydrogens (tertiary/aromatic N) is 1. The highest BCUT2D eigenvalue weighted by Crippen LogP contribution is 2.28. The Kier molecular flexibility index (Phi) is 4.48. The molecule has 0 radical (unpaired) electrons. The summed E-state index contributed by atoms with van der Waals surface area (Å²) in [5, 5.41) is 10.8. The molecular weight excluding hydrogens is 294 g/mol. The molecule has 0 saturated heterocycles. The van der Waals surface area contributed by atoms with Crippen LogP contribution < -0.4 is 10.5 Å². The Morgan fingerprint density at radius 2 is 2.00 bits per heavy atom. The van der Waals surface area contributed by atoms with Gasteiger partial charge in [-0.1, -0.05) is 19.8 Å². The van der Waals surface area contributed by atoms with E-state index in [4.69, 9.17) is 5.73 Å². The third-order valence-corrected chi connectivity index (χ3v) is 5.46. The number of benzene rings is 1. The third-order valence-electron chi connectivity index (χ3n) is 3.92. The Morgan fingerprint density at radius 1 is 1.33 bits per heavy atom. The van der Waals surface area contributed by atoms with Crippen LogP contribution in [-0.2, 0) is 10.0 Å². The standard InChI is InChI=1S/C13H19N3O4S/c1-9-4-2-3-5-12(9)15-21(19,20)13-8-10(16(17)18)6-7-11(13)14/h6-9,12,15H,2-5,14H2,1H3. The molecule has 7 nitrogen and oxygen atoms in total. The van der Waals surface area contributed by atoms with Crippen LogP contribution in [0.25, 0.3) is 0 Å². The third kappa shape index (κ3) is 3.51. The van der Waals surface area contributed by atoms with E-state index in [-0.39, 0.29) is 28.2 Å². The molecule has 1 saturated carbocycles. The second kappa shape index (κ2) is 5.98. The van der Waals surface area contributed by atoms with Gasteiger partial charge in [0.25, 0.3) is 5.69 Å². The number of anilines is 1. The van der Waals surface area contributed by atoms with Crippen molar-refractivity contribution in [1.29, 1.82) is 0 Å². The molecule has 116 valence electrons. The average molecular weight is 313 g/mol. The number of nitro benzene ring substituents is 1. The summed E-state index contributed by atoms with van der Waals surface area (Å²) >= 11 is 0. The van der Waals surface area contributed by atoms with Crippen molar-refractivity contribution in [3.8, 4) is 0 Å². The molecule has 0 aliphatic heterocycles. The number of rotatable bonds is 4. The molecular formula is C13H19N3O4S. The van der Waals surface area contributed by atoms with Crippen molar-refractivity contribution < 1.29 is 13.3 Å². The van der Waals surface area contributed by atoms with E-state index in [1.807, 2.05) is 6.92 Å². The number of nitrogens with two attached hydrogens (primary N) is 1. The van der Waals surface area contributed by atoms with Gasteiger partial charge in [0.05, 0.1) is 10.6 Å². The summed E-state index contributed by atoms with van der Waals surface area (Å²) in [6, 6.07) is 3.29. The number of nitro groups is 1. The average Bonchev–Trinajstić information content (AvgIpc) is 2.41. The number of non-ortho nitro benzene ring substituents is 1. The van der Waals surface area contributed by atoms with Gasteiger partial charge >= 0.3 is 0 Å². The van der Waals surface area contributed by atoms with E-state index < -0.39 is 14.9 Å². The van der Waals surface area contributed by atoms with Crippen molar-refractivity contribution >= 4 is 21.4 Å². The molecule has 2 rings (SSSR count). The highest BCUT2D eigenvalue weighted by Gasteiger charge is 2.28. The summed E-state index contributed by atoms with van der Waals surface area (Å²) in [5.74, 6) is 0.244. The molecule has 0 heterocycles. The van der Waals surface area contributed by atoms with Gasteiger partial charge in [0.1, 0.15) is 4.90 Å². The van der Waals surface area contributed by atoms with Gasteiger partial charge in [-0.05, 0) is 24.8 Å². The van der Waals surface area contributed by atoms with Crippen molar-refractivity contribution in [1.82, 2.24) is 4.72 Å². The monoisotopic (exact) mass is 313 g/mol. The van der Waals surface area contributed by atoms with Gasteiger partial charge in [0.15, 0.2) is 0 Å². The normalized spacial score (nSPS) is 22.9. The van der Waals surface area contributed by atoms with E-state index in [9.17, 15) is 18.5 Å². The van der Waals surface area contributed by atoms with Crippen LogP contribution in [0.4, 0.5) is 11.4 Å². The SMILES string of the molecule is CC1CCCCC1NS(=O)(=O)c1cc([N+](=O)[O-])ccc1N. The smallest absolute Gasteiger partial charge is 0.270 e. The molecule has 0 spiro atoms. The van der Waals surface area contributed by atoms with Crippen LogP contribution in [0, 0.1) is 16.0 Å². The first-order valence-corrected chi connectivity index (χ1v) is 8.36. The van der Waals surface area contributed by atoms with Crippen molar-refractivity contribution in [2.24, 2.45) is 5.92 Å². The first-order valence-electron chi connectivity index (χ1n) is 6.87. The highest BCUT2D eigenvalue weighted by atomic mass is 32.2. The van der Waals surface area contributed by atoms with Gasteiger partial charge in [-0.15, -0.1) is 0 Å². The lowest BCUT2D eigenvalue weighted by atomic mass is 9.87. The molecule has 0 bridgehead atoms. The zero-order valence-corrected chi connectivity index (χ0v) is 12.6. The minimum absolute atomic E-state index is 0.0107. The molecule has 1 aliphatic carbocycles. The molecule has 21 heavy (non-hydrogen) atoms.